The lowest BCUT2D eigenvalue weighted by Gasteiger charge is -2.25. The Labute approximate surface area is 187 Å². The van der Waals surface area contributed by atoms with Crippen molar-refractivity contribution in [1.29, 1.82) is 0 Å². The molecule has 0 spiro atoms. The van der Waals surface area contributed by atoms with Crippen LogP contribution in [0.25, 0.3) is 0 Å². The normalized spacial score (nSPS) is 15.6. The van der Waals surface area contributed by atoms with Crippen LogP contribution in [0, 0.1) is 0 Å². The van der Waals surface area contributed by atoms with E-state index >= 15 is 0 Å². The summed E-state index contributed by atoms with van der Waals surface area (Å²) in [5, 5.41) is 9.52. The molecule has 1 aliphatic rings. The van der Waals surface area contributed by atoms with Crippen molar-refractivity contribution in [3.05, 3.63) is 64.7 Å². The topological polar surface area (TPSA) is 74.2 Å². The third kappa shape index (κ3) is 5.55. The molecule has 0 aromatic heterocycles. The van der Waals surface area contributed by atoms with Gasteiger partial charge in [-0.2, -0.15) is 5.10 Å². The molecular weight excluding hydrogens is 416 g/mol. The monoisotopic (exact) mass is 442 g/mol. The fourth-order valence-corrected chi connectivity index (χ4v) is 3.47. The van der Waals surface area contributed by atoms with E-state index in [-0.39, 0.29) is 30.6 Å². The average molecular weight is 443 g/mol. The maximum atomic E-state index is 13.1. The number of hydrogen-bond donors (Lipinski definition) is 1. The summed E-state index contributed by atoms with van der Waals surface area (Å²) in [5.74, 6) is 0.493. The number of hydrazone groups is 1. The van der Waals surface area contributed by atoms with Crippen molar-refractivity contribution in [2.45, 2.75) is 32.4 Å². The summed E-state index contributed by atoms with van der Waals surface area (Å²) < 4.78 is 5.23. The molecule has 1 heterocycles. The Bertz CT molecular complexity index is 958. The van der Waals surface area contributed by atoms with Gasteiger partial charge < -0.3 is 15.0 Å². The molecule has 0 fully saturated rings. The van der Waals surface area contributed by atoms with E-state index in [1.54, 1.807) is 26.3 Å². The third-order valence-corrected chi connectivity index (χ3v) is 5.23. The standard InChI is InChI=1S/C23H27ClN4O3/c1-15(2)25-23(30)27(3)14-22(29)28-21(17-5-9-18(24)10-6-17)13-20(26-28)16-7-11-19(31-4)12-8-16/h5-12,15,21H,13-14H2,1-4H3,(H,25,30)/t21-/m0/s1. The smallest absolute Gasteiger partial charge is 0.317 e. The first-order valence-electron chi connectivity index (χ1n) is 10.1. The molecule has 0 bridgehead atoms. The molecule has 0 radical (unpaired) electrons. The number of carbonyl (C=O) groups excluding carboxylic acids is 2. The van der Waals surface area contributed by atoms with Crippen molar-refractivity contribution in [3.63, 3.8) is 0 Å². The van der Waals surface area contributed by atoms with Gasteiger partial charge in [0.25, 0.3) is 5.91 Å². The Morgan fingerprint density at radius 2 is 1.84 bits per heavy atom. The minimum atomic E-state index is -0.301. The Morgan fingerprint density at radius 3 is 2.42 bits per heavy atom. The minimum Gasteiger partial charge on any atom is -0.497 e. The highest BCUT2D eigenvalue weighted by atomic mass is 35.5. The van der Waals surface area contributed by atoms with E-state index in [4.69, 9.17) is 16.3 Å². The van der Waals surface area contributed by atoms with E-state index in [2.05, 4.69) is 10.4 Å². The predicted molar refractivity (Wildman–Crippen MR) is 121 cm³/mol. The van der Waals surface area contributed by atoms with E-state index in [9.17, 15) is 9.59 Å². The first-order chi connectivity index (χ1) is 14.8. The maximum absolute atomic E-state index is 13.1. The third-order valence-electron chi connectivity index (χ3n) is 4.98. The van der Waals surface area contributed by atoms with Gasteiger partial charge in [-0.1, -0.05) is 23.7 Å². The van der Waals surface area contributed by atoms with Crippen molar-refractivity contribution < 1.29 is 14.3 Å². The molecule has 3 rings (SSSR count). The maximum Gasteiger partial charge on any atom is 0.317 e. The van der Waals surface area contributed by atoms with E-state index in [0.717, 1.165) is 22.6 Å². The zero-order valence-electron chi connectivity index (χ0n) is 18.1. The Balaban J connectivity index is 1.85. The molecule has 7 nitrogen and oxygen atoms in total. The van der Waals surface area contributed by atoms with Crippen LogP contribution in [0.4, 0.5) is 4.79 Å². The molecule has 2 aromatic carbocycles. The molecule has 3 amide bonds. The summed E-state index contributed by atoms with van der Waals surface area (Å²) in [6.07, 6.45) is 0.557. The number of urea groups is 1. The summed E-state index contributed by atoms with van der Waals surface area (Å²) >= 11 is 6.04. The van der Waals surface area contributed by atoms with Crippen LogP contribution in [0.2, 0.25) is 5.02 Å². The van der Waals surface area contributed by atoms with E-state index in [1.165, 1.54) is 9.91 Å². The van der Waals surface area contributed by atoms with Crippen LogP contribution >= 0.6 is 11.6 Å². The Hall–Kier alpha value is -3.06. The highest BCUT2D eigenvalue weighted by molar-refractivity contribution is 6.30. The highest BCUT2D eigenvalue weighted by Gasteiger charge is 2.34. The van der Waals surface area contributed by atoms with Gasteiger partial charge in [0.1, 0.15) is 12.3 Å². The van der Waals surface area contributed by atoms with Crippen LogP contribution in [-0.2, 0) is 4.79 Å². The number of methoxy groups -OCH3 is 1. The number of ether oxygens (including phenoxy) is 1. The number of likely N-dealkylation sites (N-methyl/N-ethyl adjacent to an activating group) is 1. The van der Waals surface area contributed by atoms with Crippen molar-refractivity contribution in [2.75, 3.05) is 20.7 Å². The van der Waals surface area contributed by atoms with Gasteiger partial charge in [-0.15, -0.1) is 0 Å². The van der Waals surface area contributed by atoms with Crippen LogP contribution in [0.5, 0.6) is 5.75 Å². The van der Waals surface area contributed by atoms with Crippen LogP contribution in [0.1, 0.15) is 37.4 Å². The Kier molecular flexibility index (Phi) is 7.17. The minimum absolute atomic E-state index is 0.0154. The number of hydrogen-bond acceptors (Lipinski definition) is 4. The number of amides is 3. The van der Waals surface area contributed by atoms with Crippen molar-refractivity contribution in [1.82, 2.24) is 15.2 Å². The first kappa shape index (κ1) is 22.6. The van der Waals surface area contributed by atoms with Crippen LogP contribution in [0.3, 0.4) is 0 Å². The zero-order valence-corrected chi connectivity index (χ0v) is 18.9. The molecule has 1 atom stereocenters. The molecule has 8 heteroatoms. The summed E-state index contributed by atoms with van der Waals surface area (Å²) in [4.78, 5) is 26.7. The Morgan fingerprint density at radius 1 is 1.19 bits per heavy atom. The van der Waals surface area contributed by atoms with Gasteiger partial charge in [-0.3, -0.25) is 4.79 Å². The van der Waals surface area contributed by atoms with Gasteiger partial charge >= 0.3 is 6.03 Å². The SMILES string of the molecule is COc1ccc(C2=NN(C(=O)CN(C)C(=O)NC(C)C)[C@H](c3ccc(Cl)cc3)C2)cc1. The van der Waals surface area contributed by atoms with Crippen molar-refractivity contribution in [3.8, 4) is 5.75 Å². The molecule has 0 aliphatic carbocycles. The van der Waals surface area contributed by atoms with Crippen LogP contribution in [0.15, 0.2) is 53.6 Å². The van der Waals surface area contributed by atoms with Gasteiger partial charge in [0.15, 0.2) is 0 Å². The number of nitrogens with zero attached hydrogens (tertiary/aromatic N) is 3. The van der Waals surface area contributed by atoms with Gasteiger partial charge in [-0.05, 0) is 61.4 Å². The van der Waals surface area contributed by atoms with Gasteiger partial charge in [-0.25, -0.2) is 9.80 Å². The van der Waals surface area contributed by atoms with E-state index < -0.39 is 0 Å². The van der Waals surface area contributed by atoms with Crippen molar-refractivity contribution in [2.24, 2.45) is 5.10 Å². The molecule has 0 saturated heterocycles. The molecule has 164 valence electrons. The summed E-state index contributed by atoms with van der Waals surface area (Å²) in [6.45, 7) is 3.66. The summed E-state index contributed by atoms with van der Waals surface area (Å²) in [5.41, 5.74) is 2.64. The van der Waals surface area contributed by atoms with Gasteiger partial charge in [0, 0.05) is 24.5 Å². The van der Waals surface area contributed by atoms with Gasteiger partial charge in [0.2, 0.25) is 0 Å². The molecular formula is C23H27ClN4O3. The molecule has 0 saturated carbocycles. The molecule has 2 aromatic rings. The highest BCUT2D eigenvalue weighted by Crippen LogP contribution is 2.33. The number of halogens is 1. The second-order valence-corrected chi connectivity index (χ2v) is 8.18. The lowest BCUT2D eigenvalue weighted by atomic mass is 9.98. The largest absolute Gasteiger partial charge is 0.497 e. The quantitative estimate of drug-likeness (QED) is 0.732. The zero-order chi connectivity index (χ0) is 22.5. The number of benzene rings is 2. The lowest BCUT2D eigenvalue weighted by molar-refractivity contribution is -0.133. The van der Waals surface area contributed by atoms with E-state index in [1.807, 2.05) is 50.2 Å². The van der Waals surface area contributed by atoms with Crippen LogP contribution < -0.4 is 10.1 Å². The number of nitrogens with one attached hydrogen (secondary N) is 1. The van der Waals surface area contributed by atoms with E-state index in [0.29, 0.717) is 11.4 Å². The second kappa shape index (κ2) is 9.83. The predicted octanol–water partition coefficient (Wildman–Crippen LogP) is 4.08. The molecule has 31 heavy (non-hydrogen) atoms. The fraction of sp³-hybridized carbons (Fsp3) is 0.348. The number of rotatable bonds is 6. The second-order valence-electron chi connectivity index (χ2n) is 7.75. The average Bonchev–Trinajstić information content (AvgIpc) is 3.19. The fourth-order valence-electron chi connectivity index (χ4n) is 3.35. The summed E-state index contributed by atoms with van der Waals surface area (Å²) in [7, 11) is 3.21. The first-order valence-corrected chi connectivity index (χ1v) is 10.5. The lowest BCUT2D eigenvalue weighted by Crippen LogP contribution is -2.45. The van der Waals surface area contributed by atoms with Gasteiger partial charge in [0.05, 0.1) is 18.9 Å². The van der Waals surface area contributed by atoms with Crippen molar-refractivity contribution >= 4 is 29.3 Å². The molecule has 0 unspecified atom stereocenters. The summed E-state index contributed by atoms with van der Waals surface area (Å²) in [6, 6.07) is 14.4. The molecule has 1 aliphatic heterocycles. The molecule has 1 N–H and O–H groups in total. The van der Waals surface area contributed by atoms with Crippen LogP contribution in [-0.4, -0.2) is 54.3 Å². The number of carbonyl (C=O) groups is 2.